The fourth-order valence-corrected chi connectivity index (χ4v) is 4.17. The summed E-state index contributed by atoms with van der Waals surface area (Å²) in [6, 6.07) is 18.5. The van der Waals surface area contributed by atoms with Gasteiger partial charge in [0.25, 0.3) is 0 Å². The molecule has 3 aromatic carbocycles. The van der Waals surface area contributed by atoms with Crippen LogP contribution in [0.25, 0.3) is 0 Å². The van der Waals surface area contributed by atoms with Crippen LogP contribution in [0.3, 0.4) is 0 Å². The molecule has 1 aliphatic rings. The minimum absolute atomic E-state index is 0.242. The molecule has 1 saturated heterocycles. The van der Waals surface area contributed by atoms with Crippen LogP contribution in [-0.4, -0.2) is 28.6 Å². The highest BCUT2D eigenvalue weighted by Crippen LogP contribution is 2.37. The average molecular weight is 423 g/mol. The summed E-state index contributed by atoms with van der Waals surface area (Å²) >= 11 is 0. The molecule has 0 saturated carbocycles. The van der Waals surface area contributed by atoms with Crippen molar-refractivity contribution in [3.8, 4) is 11.5 Å². The number of hydrogen-bond acceptors (Lipinski definition) is 3. The molecule has 4 nitrogen and oxygen atoms in total. The molecule has 0 aromatic heterocycles. The van der Waals surface area contributed by atoms with Crippen molar-refractivity contribution in [1.82, 2.24) is 4.90 Å². The zero-order valence-electron chi connectivity index (χ0n) is 16.9. The van der Waals surface area contributed by atoms with Crippen molar-refractivity contribution in [3.05, 3.63) is 95.6 Å². The Kier molecular flexibility index (Phi) is 6.28. The van der Waals surface area contributed by atoms with Crippen LogP contribution >= 0.6 is 0 Å². The van der Waals surface area contributed by atoms with Gasteiger partial charge in [0.1, 0.15) is 29.2 Å². The van der Waals surface area contributed by atoms with E-state index < -0.39 is 29.7 Å². The van der Waals surface area contributed by atoms with Crippen LogP contribution in [0.15, 0.2) is 72.8 Å². The maximum Gasteiger partial charge on any atom is 0.320 e. The van der Waals surface area contributed by atoms with Gasteiger partial charge in [-0.15, -0.1) is 0 Å². The second-order valence-corrected chi connectivity index (χ2v) is 7.64. The maximum absolute atomic E-state index is 14.9. The number of carboxylic acids is 1. The molecule has 1 N–H and O–H groups in total. The van der Waals surface area contributed by atoms with E-state index >= 15 is 0 Å². The number of hydrogen-bond donors (Lipinski definition) is 1. The van der Waals surface area contributed by atoms with E-state index in [0.29, 0.717) is 30.0 Å². The molecular weight excluding hydrogens is 400 g/mol. The molecule has 0 radical (unpaired) electrons. The Morgan fingerprint density at radius 3 is 2.48 bits per heavy atom. The number of para-hydroxylation sites is 1. The maximum atomic E-state index is 14.9. The fraction of sp³-hybridized carbons (Fsp3) is 0.240. The zero-order valence-corrected chi connectivity index (χ0v) is 16.9. The Bertz CT molecular complexity index is 1060. The molecule has 31 heavy (non-hydrogen) atoms. The van der Waals surface area contributed by atoms with Gasteiger partial charge in [-0.1, -0.05) is 42.8 Å². The summed E-state index contributed by atoms with van der Waals surface area (Å²) in [5.41, 5.74) is 0.929. The van der Waals surface area contributed by atoms with Crippen LogP contribution in [0.2, 0.25) is 0 Å². The molecule has 160 valence electrons. The number of aliphatic carboxylic acids is 1. The minimum atomic E-state index is -0.941. The Morgan fingerprint density at radius 2 is 1.74 bits per heavy atom. The van der Waals surface area contributed by atoms with Crippen molar-refractivity contribution in [2.45, 2.75) is 31.3 Å². The van der Waals surface area contributed by atoms with Crippen LogP contribution in [0, 0.1) is 11.6 Å². The number of carbonyl (C=O) groups is 1. The molecule has 0 spiro atoms. The first-order chi connectivity index (χ1) is 15.0. The van der Waals surface area contributed by atoms with Crippen molar-refractivity contribution in [2.24, 2.45) is 0 Å². The summed E-state index contributed by atoms with van der Waals surface area (Å²) in [6.07, 6.45) is 2.08. The molecule has 1 heterocycles. The van der Waals surface area contributed by atoms with Crippen molar-refractivity contribution < 1.29 is 23.4 Å². The number of benzene rings is 3. The lowest BCUT2D eigenvalue weighted by atomic mass is 9.91. The summed E-state index contributed by atoms with van der Waals surface area (Å²) in [6.45, 7) is 0.502. The molecule has 0 aliphatic carbocycles. The normalized spacial score (nSPS) is 17.8. The molecule has 1 aliphatic heterocycles. The van der Waals surface area contributed by atoms with Crippen molar-refractivity contribution in [2.75, 3.05) is 6.54 Å². The smallest absolute Gasteiger partial charge is 0.320 e. The molecule has 0 amide bonds. The summed E-state index contributed by atoms with van der Waals surface area (Å²) in [7, 11) is 0. The van der Waals surface area contributed by atoms with Gasteiger partial charge >= 0.3 is 5.97 Å². The minimum Gasteiger partial charge on any atom is -0.480 e. The van der Waals surface area contributed by atoms with E-state index in [4.69, 9.17) is 4.74 Å². The number of piperidine rings is 1. The molecule has 2 atom stereocenters. The SMILES string of the molecule is O=C(O)C1CCCCN1C(c1cccc(Oc2ccccc2)c1)c1ccc(F)cc1F. The van der Waals surface area contributed by atoms with Gasteiger partial charge in [-0.3, -0.25) is 9.69 Å². The Balaban J connectivity index is 1.77. The van der Waals surface area contributed by atoms with Crippen LogP contribution in [0.4, 0.5) is 8.78 Å². The highest BCUT2D eigenvalue weighted by molar-refractivity contribution is 5.73. The van der Waals surface area contributed by atoms with Gasteiger partial charge in [0.2, 0.25) is 0 Å². The third-order valence-electron chi connectivity index (χ3n) is 5.57. The largest absolute Gasteiger partial charge is 0.480 e. The molecule has 4 rings (SSSR count). The number of nitrogens with zero attached hydrogens (tertiary/aromatic N) is 1. The Labute approximate surface area is 179 Å². The van der Waals surface area contributed by atoms with Gasteiger partial charge < -0.3 is 9.84 Å². The summed E-state index contributed by atoms with van der Waals surface area (Å²) in [5.74, 6) is -1.10. The van der Waals surface area contributed by atoms with Crippen molar-refractivity contribution in [1.29, 1.82) is 0 Å². The number of carboxylic acid groups (broad SMARTS) is 1. The van der Waals surface area contributed by atoms with Gasteiger partial charge in [-0.25, -0.2) is 8.78 Å². The monoisotopic (exact) mass is 423 g/mol. The summed E-state index contributed by atoms with van der Waals surface area (Å²) in [5, 5.41) is 9.79. The van der Waals surface area contributed by atoms with E-state index in [-0.39, 0.29) is 5.56 Å². The van der Waals surface area contributed by atoms with E-state index in [1.165, 1.54) is 12.1 Å². The lowest BCUT2D eigenvalue weighted by Crippen LogP contribution is -2.47. The van der Waals surface area contributed by atoms with E-state index in [1.54, 1.807) is 23.1 Å². The molecule has 1 fully saturated rings. The number of halogens is 2. The highest BCUT2D eigenvalue weighted by Gasteiger charge is 2.36. The van der Waals surface area contributed by atoms with Crippen molar-refractivity contribution in [3.63, 3.8) is 0 Å². The van der Waals surface area contributed by atoms with E-state index in [2.05, 4.69) is 0 Å². The first-order valence-corrected chi connectivity index (χ1v) is 10.3. The topological polar surface area (TPSA) is 49.8 Å². The first-order valence-electron chi connectivity index (χ1n) is 10.3. The second-order valence-electron chi connectivity index (χ2n) is 7.64. The van der Waals surface area contributed by atoms with Crippen LogP contribution < -0.4 is 4.74 Å². The van der Waals surface area contributed by atoms with Gasteiger partial charge in [0, 0.05) is 11.6 Å². The second kappa shape index (κ2) is 9.27. The Hall–Kier alpha value is -3.25. The molecule has 0 bridgehead atoms. The predicted octanol–water partition coefficient (Wildman–Crippen LogP) is 5.79. The first kappa shape index (κ1) is 21.0. The zero-order chi connectivity index (χ0) is 21.8. The van der Waals surface area contributed by atoms with E-state index in [0.717, 1.165) is 18.9 Å². The van der Waals surface area contributed by atoms with E-state index in [1.807, 2.05) is 36.4 Å². The molecule has 6 heteroatoms. The predicted molar refractivity (Wildman–Crippen MR) is 113 cm³/mol. The van der Waals surface area contributed by atoms with Gasteiger partial charge in [0.15, 0.2) is 0 Å². The molecule has 2 unspecified atom stereocenters. The van der Waals surface area contributed by atoms with Crippen LogP contribution in [0.5, 0.6) is 11.5 Å². The lowest BCUT2D eigenvalue weighted by molar-refractivity contribution is -0.145. The van der Waals surface area contributed by atoms with E-state index in [9.17, 15) is 18.7 Å². The Morgan fingerprint density at radius 1 is 0.968 bits per heavy atom. The van der Waals surface area contributed by atoms with Gasteiger partial charge in [-0.05, 0) is 55.3 Å². The fourth-order valence-electron chi connectivity index (χ4n) is 4.17. The standard InChI is InChI=1S/C25H23F2NO3/c26-18-12-13-21(22(27)16-18)24(28-14-5-4-11-23(28)25(29)30)17-7-6-10-20(15-17)31-19-8-2-1-3-9-19/h1-3,6-10,12-13,15-16,23-24H,4-5,11,14H2,(H,29,30). The average Bonchev–Trinajstić information content (AvgIpc) is 2.77. The molecular formula is C25H23F2NO3. The number of rotatable bonds is 6. The quantitative estimate of drug-likeness (QED) is 0.546. The third-order valence-corrected chi connectivity index (χ3v) is 5.57. The number of ether oxygens (including phenoxy) is 1. The lowest BCUT2D eigenvalue weighted by Gasteiger charge is -2.39. The van der Waals surface area contributed by atoms with Crippen LogP contribution in [-0.2, 0) is 4.79 Å². The highest BCUT2D eigenvalue weighted by atomic mass is 19.1. The third kappa shape index (κ3) is 4.75. The van der Waals surface area contributed by atoms with Crippen molar-refractivity contribution >= 4 is 5.97 Å². The molecule has 3 aromatic rings. The summed E-state index contributed by atoms with van der Waals surface area (Å²) < 4.78 is 34.4. The van der Waals surface area contributed by atoms with Gasteiger partial charge in [-0.2, -0.15) is 0 Å². The number of likely N-dealkylation sites (tertiary alicyclic amines) is 1. The van der Waals surface area contributed by atoms with Gasteiger partial charge in [0.05, 0.1) is 6.04 Å². The summed E-state index contributed by atoms with van der Waals surface area (Å²) in [4.78, 5) is 13.8. The van der Waals surface area contributed by atoms with Crippen LogP contribution in [0.1, 0.15) is 36.4 Å².